The molecule has 2 aromatic rings. The predicted molar refractivity (Wildman–Crippen MR) is 186 cm³/mol. The smallest absolute Gasteiger partial charge is 0.349 e. The Labute approximate surface area is 282 Å². The lowest BCUT2D eigenvalue weighted by Gasteiger charge is -2.24. The first-order chi connectivity index (χ1) is 21.0. The van der Waals surface area contributed by atoms with Crippen LogP contribution in [0.5, 0.6) is 11.5 Å². The van der Waals surface area contributed by atoms with Crippen LogP contribution in [0.4, 0.5) is 0 Å². The summed E-state index contributed by atoms with van der Waals surface area (Å²) in [7, 11) is 0. The van der Waals surface area contributed by atoms with Gasteiger partial charge in [0.05, 0.1) is 0 Å². The van der Waals surface area contributed by atoms with Crippen molar-refractivity contribution in [1.29, 1.82) is 0 Å². The number of rotatable bonds is 23. The average Bonchev–Trinajstić information content (AvgIpc) is 2.98. The lowest BCUT2D eigenvalue weighted by atomic mass is 10.1. The Balaban J connectivity index is 1.34. The van der Waals surface area contributed by atoms with Gasteiger partial charge in [-0.25, -0.2) is 9.59 Å². The number of carbonyl (C=O) groups excluding carboxylic acids is 2. The van der Waals surface area contributed by atoms with Gasteiger partial charge in [-0.1, -0.05) is 61.7 Å². The fourth-order valence-electron chi connectivity index (χ4n) is 4.09. The molecule has 0 unspecified atom stereocenters. The predicted octanol–water partition coefficient (Wildman–Crippen LogP) is 9.68. The van der Waals surface area contributed by atoms with Crippen molar-refractivity contribution in [1.82, 2.24) is 0 Å². The molecule has 6 nitrogen and oxygen atoms in total. The number of hydrogen-bond donors (Lipinski definition) is 0. The van der Waals surface area contributed by atoms with Gasteiger partial charge in [0.15, 0.2) is 11.2 Å². The van der Waals surface area contributed by atoms with Crippen molar-refractivity contribution in [3.63, 3.8) is 0 Å². The minimum absolute atomic E-state index is 0.367. The maximum atomic E-state index is 12.4. The number of hydrogen-bond acceptors (Lipinski definition) is 8. The number of benzene rings is 2. The Bertz CT molecular complexity index is 1010. The van der Waals surface area contributed by atoms with E-state index < -0.39 is 11.2 Å². The molecule has 0 N–H and O–H groups in total. The molecule has 0 heterocycles. The first kappa shape index (κ1) is 38.4. The van der Waals surface area contributed by atoms with Crippen molar-refractivity contribution < 1.29 is 28.5 Å². The summed E-state index contributed by atoms with van der Waals surface area (Å²) in [5.74, 6) is 4.19. The monoisotopic (exact) mass is 686 g/mol. The van der Waals surface area contributed by atoms with Gasteiger partial charge in [0, 0.05) is 21.6 Å². The van der Waals surface area contributed by atoms with E-state index in [1.54, 1.807) is 76.2 Å². The van der Waals surface area contributed by atoms with Crippen LogP contribution in [0.3, 0.4) is 0 Å². The topological polar surface area (TPSA) is 71.1 Å². The Morgan fingerprint density at radius 2 is 0.864 bits per heavy atom. The number of ether oxygens (including phenoxy) is 4. The van der Waals surface area contributed by atoms with E-state index in [4.69, 9.17) is 42.1 Å². The molecule has 2 aromatic carbocycles. The molecule has 0 radical (unpaired) electrons. The van der Waals surface area contributed by atoms with Crippen LogP contribution < -0.4 is 9.47 Å². The maximum Gasteiger partial charge on any atom is 0.349 e. The molecule has 10 heteroatoms. The zero-order valence-corrected chi connectivity index (χ0v) is 29.7. The summed E-state index contributed by atoms with van der Waals surface area (Å²) in [6.45, 7) is 7.61. The van der Waals surface area contributed by atoms with E-state index in [1.165, 1.54) is 51.4 Å². The van der Waals surface area contributed by atoms with Crippen molar-refractivity contribution in [3.8, 4) is 11.5 Å². The highest BCUT2D eigenvalue weighted by molar-refractivity contribution is 7.99. The summed E-state index contributed by atoms with van der Waals surface area (Å²) in [5, 5.41) is 1.24. The lowest BCUT2D eigenvalue weighted by Crippen LogP contribution is -2.40. The van der Waals surface area contributed by atoms with E-state index in [0.29, 0.717) is 34.8 Å². The highest BCUT2D eigenvalue weighted by atomic mass is 35.5. The molecule has 0 saturated heterocycles. The van der Waals surface area contributed by atoms with Gasteiger partial charge in [-0.3, -0.25) is 0 Å². The molecule has 0 atom stereocenters. The van der Waals surface area contributed by atoms with E-state index in [0.717, 1.165) is 23.0 Å². The molecule has 0 spiro atoms. The second kappa shape index (κ2) is 21.1. The molecule has 0 aliphatic carbocycles. The standard InChI is InChI=1S/C34H48Cl2O6S2/c1-33(2,41-29-17-13-27(35)14-18-29)31(37)39-21-25-43-23-11-9-7-5-6-8-10-12-24-44-26-22-40-32(38)34(3,4)42-30-19-15-28(36)16-20-30/h13-20H,5-12,21-26H2,1-4H3. The third-order valence-electron chi connectivity index (χ3n) is 6.61. The van der Waals surface area contributed by atoms with Gasteiger partial charge in [-0.2, -0.15) is 23.5 Å². The summed E-state index contributed by atoms with van der Waals surface area (Å²) in [6, 6.07) is 13.9. The SMILES string of the molecule is CC(C)(Oc1ccc(Cl)cc1)C(=O)OCCSCCCCCCCCCCSCCOC(=O)C(C)(C)Oc1ccc(Cl)cc1. The van der Waals surface area contributed by atoms with E-state index >= 15 is 0 Å². The quantitative estimate of drug-likeness (QED) is 0.0845. The molecule has 0 fully saturated rings. The first-order valence-electron chi connectivity index (χ1n) is 15.4. The summed E-state index contributed by atoms with van der Waals surface area (Å²) >= 11 is 15.4. The summed E-state index contributed by atoms with van der Waals surface area (Å²) in [5.41, 5.74) is -2.11. The Hall–Kier alpha value is -1.74. The number of carbonyl (C=O) groups is 2. The molecule has 0 aliphatic heterocycles. The van der Waals surface area contributed by atoms with Gasteiger partial charge in [-0.15, -0.1) is 0 Å². The molecule has 0 aromatic heterocycles. The Morgan fingerprint density at radius 1 is 0.545 bits per heavy atom. The van der Waals surface area contributed by atoms with Gasteiger partial charge in [0.2, 0.25) is 0 Å². The van der Waals surface area contributed by atoms with E-state index in [9.17, 15) is 9.59 Å². The second-order valence-electron chi connectivity index (χ2n) is 11.5. The van der Waals surface area contributed by atoms with Gasteiger partial charge in [0.25, 0.3) is 0 Å². The van der Waals surface area contributed by atoms with Crippen LogP contribution in [-0.2, 0) is 19.1 Å². The fraction of sp³-hybridized carbons (Fsp3) is 0.588. The van der Waals surface area contributed by atoms with Crippen LogP contribution in [0.15, 0.2) is 48.5 Å². The maximum absolute atomic E-state index is 12.4. The highest BCUT2D eigenvalue weighted by Crippen LogP contribution is 2.23. The summed E-state index contributed by atoms with van der Waals surface area (Å²) in [6.07, 6.45) is 9.96. The number of thioether (sulfide) groups is 2. The van der Waals surface area contributed by atoms with Gasteiger partial charge >= 0.3 is 11.9 Å². The molecule has 0 saturated carbocycles. The van der Waals surface area contributed by atoms with Crippen molar-refractivity contribution in [3.05, 3.63) is 58.6 Å². The van der Waals surface area contributed by atoms with Crippen LogP contribution in [0, 0.1) is 0 Å². The average molecular weight is 688 g/mol. The molecular weight excluding hydrogens is 639 g/mol. The Kier molecular flexibility index (Phi) is 18.5. The second-order valence-corrected chi connectivity index (χ2v) is 14.8. The highest BCUT2D eigenvalue weighted by Gasteiger charge is 2.32. The minimum atomic E-state index is -1.05. The van der Waals surface area contributed by atoms with Crippen LogP contribution in [-0.4, -0.2) is 59.4 Å². The van der Waals surface area contributed by atoms with Gasteiger partial charge < -0.3 is 18.9 Å². The summed E-state index contributed by atoms with van der Waals surface area (Å²) < 4.78 is 22.4. The zero-order chi connectivity index (χ0) is 32.3. The van der Waals surface area contributed by atoms with E-state index in [2.05, 4.69) is 0 Å². The number of unbranched alkanes of at least 4 members (excludes halogenated alkanes) is 7. The van der Waals surface area contributed by atoms with Crippen LogP contribution in [0.25, 0.3) is 0 Å². The number of esters is 2. The zero-order valence-electron chi connectivity index (χ0n) is 26.5. The molecule has 0 aliphatic rings. The van der Waals surface area contributed by atoms with Crippen LogP contribution in [0.2, 0.25) is 10.0 Å². The molecule has 0 bridgehead atoms. The summed E-state index contributed by atoms with van der Waals surface area (Å²) in [4.78, 5) is 24.8. The van der Waals surface area contributed by atoms with Crippen LogP contribution in [0.1, 0.15) is 79.1 Å². The van der Waals surface area contributed by atoms with Crippen molar-refractivity contribution in [2.24, 2.45) is 0 Å². The normalized spacial score (nSPS) is 11.7. The van der Waals surface area contributed by atoms with E-state index in [-0.39, 0.29) is 11.9 Å². The Morgan fingerprint density at radius 3 is 1.20 bits per heavy atom. The third-order valence-corrected chi connectivity index (χ3v) is 9.17. The van der Waals surface area contributed by atoms with Gasteiger partial charge in [0.1, 0.15) is 24.7 Å². The number of halogens is 2. The lowest BCUT2D eigenvalue weighted by molar-refractivity contribution is -0.159. The van der Waals surface area contributed by atoms with Crippen molar-refractivity contribution in [2.75, 3.05) is 36.2 Å². The molecule has 0 amide bonds. The third kappa shape index (κ3) is 16.5. The van der Waals surface area contributed by atoms with Crippen molar-refractivity contribution in [2.45, 2.75) is 90.3 Å². The molecule has 44 heavy (non-hydrogen) atoms. The fourth-order valence-corrected chi connectivity index (χ4v) is 5.96. The first-order valence-corrected chi connectivity index (χ1v) is 18.5. The molecule has 2 rings (SSSR count). The largest absolute Gasteiger partial charge is 0.476 e. The minimum Gasteiger partial charge on any atom is -0.476 e. The van der Waals surface area contributed by atoms with Crippen molar-refractivity contribution >= 4 is 58.7 Å². The molecule has 246 valence electrons. The molecular formula is C34H48Cl2O6S2. The van der Waals surface area contributed by atoms with Gasteiger partial charge in [-0.05, 0) is 101 Å². The van der Waals surface area contributed by atoms with E-state index in [1.807, 2.05) is 23.5 Å². The van der Waals surface area contributed by atoms with Crippen LogP contribution >= 0.6 is 46.7 Å².